The van der Waals surface area contributed by atoms with E-state index < -0.39 is 11.8 Å². The summed E-state index contributed by atoms with van der Waals surface area (Å²) in [5, 5.41) is 4.28. The quantitative estimate of drug-likeness (QED) is 0.627. The van der Waals surface area contributed by atoms with Crippen LogP contribution in [0.5, 0.6) is 0 Å². The molecular weight excluding hydrogens is 361 g/mol. The third-order valence-electron chi connectivity index (χ3n) is 5.08. The van der Waals surface area contributed by atoms with Crippen LogP contribution in [0.4, 0.5) is 4.39 Å². The van der Waals surface area contributed by atoms with Gasteiger partial charge in [-0.2, -0.15) is 5.10 Å². The smallest absolute Gasteiger partial charge is 0.343 e. The maximum Gasteiger partial charge on any atom is 0.343 e. The Balaban J connectivity index is 1.68. The summed E-state index contributed by atoms with van der Waals surface area (Å²) in [7, 11) is 1.68. The number of methoxy groups -OCH3 is 1. The molecule has 146 valence electrons. The number of ether oxygens (including phenoxy) is 2. The molecule has 1 saturated carbocycles. The molecule has 0 unspecified atom stereocenters. The van der Waals surface area contributed by atoms with Crippen LogP contribution in [0.15, 0.2) is 55.0 Å². The van der Waals surface area contributed by atoms with Crippen molar-refractivity contribution in [3.05, 3.63) is 66.4 Å². The Hall–Kier alpha value is -2.93. The zero-order valence-corrected chi connectivity index (χ0v) is 15.6. The molecule has 0 bridgehead atoms. The van der Waals surface area contributed by atoms with Crippen molar-refractivity contribution in [2.45, 2.75) is 37.9 Å². The van der Waals surface area contributed by atoms with Gasteiger partial charge in [0.15, 0.2) is 5.82 Å². The highest BCUT2D eigenvalue weighted by Gasteiger charge is 2.28. The fourth-order valence-corrected chi connectivity index (χ4v) is 3.65. The summed E-state index contributed by atoms with van der Waals surface area (Å²) in [5.74, 6) is -0.443. The second-order valence-electron chi connectivity index (χ2n) is 6.89. The number of rotatable bonds is 5. The first-order valence-electron chi connectivity index (χ1n) is 9.37. The van der Waals surface area contributed by atoms with Gasteiger partial charge in [-0.25, -0.2) is 13.9 Å². The molecule has 3 aromatic rings. The number of halogens is 1. The Bertz CT molecular complexity index is 952. The van der Waals surface area contributed by atoms with Gasteiger partial charge >= 0.3 is 5.97 Å². The van der Waals surface area contributed by atoms with Crippen LogP contribution in [0.1, 0.15) is 36.0 Å². The van der Waals surface area contributed by atoms with Gasteiger partial charge in [-0.1, -0.05) is 12.1 Å². The van der Waals surface area contributed by atoms with Crippen LogP contribution in [0.25, 0.3) is 11.5 Å². The SMILES string of the molecule is CO[C@H]1CCC[C@@H](OC(=O)c2cnn(-c3ccccc3F)c2-n2cccc2)C1. The molecule has 1 aliphatic rings. The number of nitrogens with zero attached hydrogens (tertiary/aromatic N) is 3. The van der Waals surface area contributed by atoms with Crippen molar-refractivity contribution in [3.8, 4) is 11.5 Å². The average Bonchev–Trinajstić information content (AvgIpc) is 3.38. The number of esters is 1. The Morgan fingerprint density at radius 1 is 1.14 bits per heavy atom. The predicted molar refractivity (Wildman–Crippen MR) is 101 cm³/mol. The molecular formula is C21H22FN3O3. The first-order valence-corrected chi connectivity index (χ1v) is 9.37. The maximum absolute atomic E-state index is 14.4. The number of hydrogen-bond acceptors (Lipinski definition) is 4. The van der Waals surface area contributed by atoms with E-state index in [4.69, 9.17) is 9.47 Å². The molecule has 2 aromatic heterocycles. The van der Waals surface area contributed by atoms with Crippen molar-refractivity contribution in [2.75, 3.05) is 7.11 Å². The zero-order valence-electron chi connectivity index (χ0n) is 15.6. The van der Waals surface area contributed by atoms with E-state index in [1.807, 2.05) is 12.1 Å². The molecule has 0 radical (unpaired) electrons. The lowest BCUT2D eigenvalue weighted by molar-refractivity contribution is -0.0149. The third kappa shape index (κ3) is 3.57. The monoisotopic (exact) mass is 383 g/mol. The summed E-state index contributed by atoms with van der Waals surface area (Å²) >= 11 is 0. The van der Waals surface area contributed by atoms with Crippen molar-refractivity contribution < 1.29 is 18.7 Å². The standard InChI is InChI=1S/C21H22FN3O3/c1-27-15-7-6-8-16(13-15)28-21(26)17-14-23-25(19-10-3-2-9-18(19)22)20(17)24-11-4-5-12-24/h2-5,9-12,14-16H,6-8,13H2,1H3/t15-,16+/m0/s1. The number of aromatic nitrogens is 3. The van der Waals surface area contributed by atoms with E-state index in [2.05, 4.69) is 5.10 Å². The van der Waals surface area contributed by atoms with Crippen LogP contribution in [-0.2, 0) is 9.47 Å². The molecule has 0 saturated heterocycles. The Labute approximate surface area is 162 Å². The lowest BCUT2D eigenvalue weighted by atomic mass is 9.95. The largest absolute Gasteiger partial charge is 0.459 e. The van der Waals surface area contributed by atoms with Crippen LogP contribution < -0.4 is 0 Å². The highest BCUT2D eigenvalue weighted by molar-refractivity contribution is 5.93. The van der Waals surface area contributed by atoms with E-state index in [0.717, 1.165) is 19.3 Å². The van der Waals surface area contributed by atoms with E-state index in [9.17, 15) is 9.18 Å². The summed E-state index contributed by atoms with van der Waals surface area (Å²) in [6, 6.07) is 9.99. The molecule has 1 fully saturated rings. The first kappa shape index (κ1) is 18.4. The summed E-state index contributed by atoms with van der Waals surface area (Å²) in [5.41, 5.74) is 0.557. The Morgan fingerprint density at radius 3 is 2.64 bits per heavy atom. The molecule has 0 spiro atoms. The van der Waals surface area contributed by atoms with E-state index in [1.54, 1.807) is 42.3 Å². The van der Waals surface area contributed by atoms with Gasteiger partial charge in [0.2, 0.25) is 0 Å². The van der Waals surface area contributed by atoms with E-state index in [0.29, 0.717) is 17.8 Å². The number of carbonyl (C=O) groups is 1. The van der Waals surface area contributed by atoms with Crippen LogP contribution in [0.3, 0.4) is 0 Å². The van der Waals surface area contributed by atoms with Gasteiger partial charge in [-0.05, 0) is 43.5 Å². The van der Waals surface area contributed by atoms with Crippen molar-refractivity contribution in [1.82, 2.24) is 14.3 Å². The maximum atomic E-state index is 14.4. The molecule has 6 nitrogen and oxygen atoms in total. The second kappa shape index (κ2) is 7.98. The molecule has 7 heteroatoms. The fourth-order valence-electron chi connectivity index (χ4n) is 3.65. The minimum atomic E-state index is -0.465. The van der Waals surface area contributed by atoms with Crippen molar-refractivity contribution >= 4 is 5.97 Å². The molecule has 0 aliphatic heterocycles. The zero-order chi connectivity index (χ0) is 19.5. The van der Waals surface area contributed by atoms with Gasteiger partial charge in [0.25, 0.3) is 0 Å². The predicted octanol–water partition coefficient (Wildman–Crippen LogP) is 3.92. The summed E-state index contributed by atoms with van der Waals surface area (Å²) in [4.78, 5) is 12.9. The van der Waals surface area contributed by atoms with E-state index >= 15 is 0 Å². The molecule has 0 amide bonds. The topological polar surface area (TPSA) is 58.3 Å². The van der Waals surface area contributed by atoms with E-state index in [1.165, 1.54) is 16.9 Å². The van der Waals surface area contributed by atoms with Gasteiger partial charge in [-0.3, -0.25) is 0 Å². The summed E-state index contributed by atoms with van der Waals surface area (Å²) in [6.45, 7) is 0. The van der Waals surface area contributed by atoms with Gasteiger partial charge < -0.3 is 14.0 Å². The lowest BCUT2D eigenvalue weighted by Crippen LogP contribution is -2.29. The number of hydrogen-bond donors (Lipinski definition) is 0. The minimum Gasteiger partial charge on any atom is -0.459 e. The Morgan fingerprint density at radius 2 is 1.89 bits per heavy atom. The fraction of sp³-hybridized carbons (Fsp3) is 0.333. The van der Waals surface area contributed by atoms with E-state index in [-0.39, 0.29) is 17.9 Å². The van der Waals surface area contributed by atoms with Gasteiger partial charge in [0.05, 0.1) is 12.3 Å². The van der Waals surface area contributed by atoms with Crippen molar-refractivity contribution in [2.24, 2.45) is 0 Å². The highest BCUT2D eigenvalue weighted by atomic mass is 19.1. The molecule has 2 heterocycles. The molecule has 4 rings (SSSR count). The number of benzene rings is 1. The normalized spacial score (nSPS) is 19.5. The number of carbonyl (C=O) groups excluding carboxylic acids is 1. The van der Waals surface area contributed by atoms with Crippen molar-refractivity contribution in [3.63, 3.8) is 0 Å². The Kier molecular flexibility index (Phi) is 5.25. The molecule has 1 aliphatic carbocycles. The van der Waals surface area contributed by atoms with Crippen LogP contribution in [0, 0.1) is 5.82 Å². The van der Waals surface area contributed by atoms with Gasteiger partial charge in [0, 0.05) is 25.9 Å². The van der Waals surface area contributed by atoms with Crippen LogP contribution in [-0.4, -0.2) is 39.6 Å². The summed E-state index contributed by atoms with van der Waals surface area (Å²) in [6.07, 6.45) is 8.34. The average molecular weight is 383 g/mol. The molecule has 1 aromatic carbocycles. The number of para-hydroxylation sites is 1. The van der Waals surface area contributed by atoms with Crippen LogP contribution >= 0.6 is 0 Å². The van der Waals surface area contributed by atoms with Crippen LogP contribution in [0.2, 0.25) is 0 Å². The molecule has 28 heavy (non-hydrogen) atoms. The van der Waals surface area contributed by atoms with Crippen molar-refractivity contribution in [1.29, 1.82) is 0 Å². The first-order chi connectivity index (χ1) is 13.7. The van der Waals surface area contributed by atoms with Gasteiger partial charge in [-0.15, -0.1) is 0 Å². The highest BCUT2D eigenvalue weighted by Crippen LogP contribution is 2.26. The third-order valence-corrected chi connectivity index (χ3v) is 5.08. The summed E-state index contributed by atoms with van der Waals surface area (Å²) < 4.78 is 28.7. The van der Waals surface area contributed by atoms with Gasteiger partial charge in [0.1, 0.15) is 23.2 Å². The second-order valence-corrected chi connectivity index (χ2v) is 6.89. The molecule has 0 N–H and O–H groups in total. The molecule has 2 atom stereocenters. The lowest BCUT2D eigenvalue weighted by Gasteiger charge is -2.27. The minimum absolute atomic E-state index is 0.108.